The molecule has 0 N–H and O–H groups in total. The van der Waals surface area contributed by atoms with Gasteiger partial charge in [0.15, 0.2) is 0 Å². The first kappa shape index (κ1) is 14.0. The summed E-state index contributed by atoms with van der Waals surface area (Å²) in [5.74, 6) is -0.458. The first-order chi connectivity index (χ1) is 10.7. The predicted octanol–water partition coefficient (Wildman–Crippen LogP) is 4.42. The zero-order valence-corrected chi connectivity index (χ0v) is 12.2. The molecule has 3 aromatic rings. The summed E-state index contributed by atoms with van der Waals surface area (Å²) >= 11 is 0. The molecular formula is C19H15NO2. The van der Waals surface area contributed by atoms with Crippen molar-refractivity contribution in [1.29, 1.82) is 0 Å². The fraction of sp³-hybridized carbons (Fsp3) is 0.0526. The van der Waals surface area contributed by atoms with E-state index in [9.17, 15) is 4.79 Å². The van der Waals surface area contributed by atoms with Crippen molar-refractivity contribution in [2.45, 2.75) is 6.92 Å². The van der Waals surface area contributed by atoms with E-state index >= 15 is 0 Å². The summed E-state index contributed by atoms with van der Waals surface area (Å²) in [6.07, 6.45) is 0. The quantitative estimate of drug-likeness (QED) is 0.406. The Kier molecular flexibility index (Phi) is 3.97. The van der Waals surface area contributed by atoms with Crippen LogP contribution in [0.5, 0.6) is 0 Å². The van der Waals surface area contributed by atoms with Gasteiger partial charge in [0.05, 0.1) is 11.3 Å². The molecule has 0 spiro atoms. The average molecular weight is 289 g/mol. The number of carbonyl (C=O) groups excluding carboxylic acids is 1. The van der Waals surface area contributed by atoms with Crippen LogP contribution in [0.1, 0.15) is 22.8 Å². The summed E-state index contributed by atoms with van der Waals surface area (Å²) in [7, 11) is 0. The van der Waals surface area contributed by atoms with E-state index in [2.05, 4.69) is 11.2 Å². The van der Waals surface area contributed by atoms with E-state index in [1.165, 1.54) is 5.39 Å². The maximum atomic E-state index is 11.9. The van der Waals surface area contributed by atoms with Crippen molar-refractivity contribution >= 4 is 22.5 Å². The molecule has 0 radical (unpaired) electrons. The van der Waals surface area contributed by atoms with Gasteiger partial charge in [0, 0.05) is 0 Å². The van der Waals surface area contributed by atoms with Crippen LogP contribution in [-0.2, 0) is 4.84 Å². The van der Waals surface area contributed by atoms with Crippen LogP contribution in [0.4, 0.5) is 0 Å². The van der Waals surface area contributed by atoms with Gasteiger partial charge in [-0.1, -0.05) is 59.8 Å². The molecule has 108 valence electrons. The minimum Gasteiger partial charge on any atom is -0.313 e. The van der Waals surface area contributed by atoms with E-state index in [4.69, 9.17) is 4.84 Å². The standard InChI is InChI=1S/C19H15NO2/c1-14(20-22-19(21)16-8-3-2-4-9-16)17-12-11-15-7-5-6-10-18(15)13-17/h2-13H,1H3/b20-14+. The number of oxime groups is 1. The number of hydrogen-bond donors (Lipinski definition) is 0. The lowest BCUT2D eigenvalue weighted by atomic mass is 10.0. The molecule has 3 rings (SSSR count). The lowest BCUT2D eigenvalue weighted by molar-refractivity contribution is 0.0516. The van der Waals surface area contributed by atoms with Gasteiger partial charge in [0.1, 0.15) is 0 Å². The summed E-state index contributed by atoms with van der Waals surface area (Å²) in [4.78, 5) is 16.9. The van der Waals surface area contributed by atoms with Crippen molar-refractivity contribution in [2.75, 3.05) is 0 Å². The number of nitrogens with zero attached hydrogens (tertiary/aromatic N) is 1. The Morgan fingerprint density at radius 3 is 2.27 bits per heavy atom. The number of carbonyl (C=O) groups is 1. The Hall–Kier alpha value is -2.94. The van der Waals surface area contributed by atoms with Crippen molar-refractivity contribution in [3.8, 4) is 0 Å². The van der Waals surface area contributed by atoms with Gasteiger partial charge >= 0.3 is 5.97 Å². The minimum absolute atomic E-state index is 0.458. The van der Waals surface area contributed by atoms with Crippen LogP contribution in [0.15, 0.2) is 78.0 Å². The highest BCUT2D eigenvalue weighted by molar-refractivity contribution is 6.02. The Balaban J connectivity index is 1.80. The topological polar surface area (TPSA) is 38.7 Å². The van der Waals surface area contributed by atoms with Gasteiger partial charge in [-0.2, -0.15) is 0 Å². The van der Waals surface area contributed by atoms with E-state index in [0.717, 1.165) is 10.9 Å². The molecule has 0 aromatic heterocycles. The van der Waals surface area contributed by atoms with E-state index < -0.39 is 5.97 Å². The Morgan fingerprint density at radius 2 is 1.50 bits per heavy atom. The molecule has 0 aliphatic carbocycles. The lowest BCUT2D eigenvalue weighted by Crippen LogP contribution is -2.03. The van der Waals surface area contributed by atoms with Crippen molar-refractivity contribution in [3.63, 3.8) is 0 Å². The van der Waals surface area contributed by atoms with Gasteiger partial charge in [-0.3, -0.25) is 0 Å². The molecule has 0 saturated carbocycles. The monoisotopic (exact) mass is 289 g/mol. The van der Waals surface area contributed by atoms with Crippen molar-refractivity contribution in [2.24, 2.45) is 5.16 Å². The minimum atomic E-state index is -0.458. The SMILES string of the molecule is C/C(=N\OC(=O)c1ccccc1)c1ccc2ccccc2c1. The predicted molar refractivity (Wildman–Crippen MR) is 88.0 cm³/mol. The summed E-state index contributed by atoms with van der Waals surface area (Å²) in [6, 6.07) is 23.0. The van der Waals surface area contributed by atoms with Crippen LogP contribution in [0.2, 0.25) is 0 Å². The van der Waals surface area contributed by atoms with Crippen LogP contribution in [-0.4, -0.2) is 11.7 Å². The maximum Gasteiger partial charge on any atom is 0.365 e. The third kappa shape index (κ3) is 3.04. The van der Waals surface area contributed by atoms with Crippen LogP contribution in [0, 0.1) is 0 Å². The highest BCUT2D eigenvalue weighted by atomic mass is 16.7. The third-order valence-electron chi connectivity index (χ3n) is 3.44. The van der Waals surface area contributed by atoms with Crippen molar-refractivity contribution < 1.29 is 9.63 Å². The van der Waals surface area contributed by atoms with E-state index in [-0.39, 0.29) is 0 Å². The normalized spacial score (nSPS) is 11.4. The zero-order chi connectivity index (χ0) is 15.4. The number of hydrogen-bond acceptors (Lipinski definition) is 3. The Labute approximate surface area is 128 Å². The number of fused-ring (bicyclic) bond motifs is 1. The first-order valence-corrected chi connectivity index (χ1v) is 7.04. The molecule has 22 heavy (non-hydrogen) atoms. The smallest absolute Gasteiger partial charge is 0.313 e. The molecule has 3 nitrogen and oxygen atoms in total. The van der Waals surface area contributed by atoms with Crippen LogP contribution in [0.3, 0.4) is 0 Å². The summed E-state index contributed by atoms with van der Waals surface area (Å²) in [6.45, 7) is 1.82. The van der Waals surface area contributed by atoms with Crippen molar-refractivity contribution in [1.82, 2.24) is 0 Å². The Morgan fingerprint density at radius 1 is 0.818 bits per heavy atom. The van der Waals surface area contributed by atoms with Gasteiger partial charge in [-0.15, -0.1) is 0 Å². The molecule has 0 bridgehead atoms. The lowest BCUT2D eigenvalue weighted by Gasteiger charge is -2.03. The number of benzene rings is 3. The molecule has 0 heterocycles. The second kappa shape index (κ2) is 6.22. The summed E-state index contributed by atoms with van der Waals surface area (Å²) in [5.41, 5.74) is 2.08. The van der Waals surface area contributed by atoms with E-state index in [0.29, 0.717) is 11.3 Å². The fourth-order valence-corrected chi connectivity index (χ4v) is 2.20. The van der Waals surface area contributed by atoms with Gasteiger partial charge in [0.2, 0.25) is 0 Å². The molecule has 0 fully saturated rings. The second-order valence-electron chi connectivity index (χ2n) is 4.98. The molecule has 3 aromatic carbocycles. The largest absolute Gasteiger partial charge is 0.365 e. The Bertz CT molecular complexity index is 838. The fourth-order valence-electron chi connectivity index (χ4n) is 2.20. The molecule has 0 atom stereocenters. The van der Waals surface area contributed by atoms with E-state index in [1.807, 2.05) is 49.4 Å². The molecular weight excluding hydrogens is 274 g/mol. The summed E-state index contributed by atoms with van der Waals surface area (Å²) in [5, 5.41) is 6.24. The van der Waals surface area contributed by atoms with Gasteiger partial charge < -0.3 is 4.84 Å². The average Bonchev–Trinajstić information content (AvgIpc) is 2.59. The molecule has 0 unspecified atom stereocenters. The van der Waals surface area contributed by atoms with Gasteiger partial charge in [0.25, 0.3) is 0 Å². The molecule has 0 saturated heterocycles. The molecule has 0 amide bonds. The molecule has 0 aliphatic rings. The van der Waals surface area contributed by atoms with Crippen LogP contribution >= 0.6 is 0 Å². The third-order valence-corrected chi connectivity index (χ3v) is 3.44. The molecule has 3 heteroatoms. The van der Waals surface area contributed by atoms with Crippen LogP contribution < -0.4 is 0 Å². The maximum absolute atomic E-state index is 11.9. The summed E-state index contributed by atoms with van der Waals surface area (Å²) < 4.78 is 0. The van der Waals surface area contributed by atoms with E-state index in [1.54, 1.807) is 24.3 Å². The van der Waals surface area contributed by atoms with Crippen LogP contribution in [0.25, 0.3) is 10.8 Å². The van der Waals surface area contributed by atoms with Crippen molar-refractivity contribution in [3.05, 3.63) is 83.9 Å². The van der Waals surface area contributed by atoms with Gasteiger partial charge in [-0.25, -0.2) is 4.79 Å². The molecule has 0 aliphatic heterocycles. The first-order valence-electron chi connectivity index (χ1n) is 7.04. The second-order valence-corrected chi connectivity index (χ2v) is 4.98. The number of rotatable bonds is 3. The van der Waals surface area contributed by atoms with Gasteiger partial charge in [-0.05, 0) is 41.5 Å². The highest BCUT2D eigenvalue weighted by Crippen LogP contribution is 2.16. The zero-order valence-electron chi connectivity index (χ0n) is 12.2. The highest BCUT2D eigenvalue weighted by Gasteiger charge is 2.06.